The molecule has 0 N–H and O–H groups in total. The number of fused-ring (bicyclic) bond motifs is 2. The Bertz CT molecular complexity index is 683. The Labute approximate surface area is 162 Å². The summed E-state index contributed by atoms with van der Waals surface area (Å²) in [5.74, 6) is 0.939. The molecule has 2 aliphatic rings. The molecular formula is C21H32N2O4. The van der Waals surface area contributed by atoms with Crippen molar-refractivity contribution in [2.75, 3.05) is 44.9 Å². The Balaban J connectivity index is 1.78. The van der Waals surface area contributed by atoms with E-state index in [1.54, 1.807) is 7.11 Å². The number of benzene rings is 1. The van der Waals surface area contributed by atoms with Crippen molar-refractivity contribution in [2.45, 2.75) is 52.2 Å². The van der Waals surface area contributed by atoms with Gasteiger partial charge < -0.3 is 24.0 Å². The van der Waals surface area contributed by atoms with Crippen molar-refractivity contribution in [3.63, 3.8) is 0 Å². The number of ether oxygens (including phenoxy) is 3. The summed E-state index contributed by atoms with van der Waals surface area (Å²) in [5, 5.41) is 0. The maximum atomic E-state index is 12.4. The lowest BCUT2D eigenvalue weighted by atomic mass is 10.00. The molecule has 1 amide bonds. The summed E-state index contributed by atoms with van der Waals surface area (Å²) in [5.41, 5.74) is 3.22. The highest BCUT2D eigenvalue weighted by Crippen LogP contribution is 2.37. The first-order valence-corrected chi connectivity index (χ1v) is 9.80. The molecule has 1 atom stereocenters. The minimum atomic E-state index is -0.471. The van der Waals surface area contributed by atoms with Gasteiger partial charge in [0, 0.05) is 26.2 Å². The molecule has 0 aromatic heterocycles. The lowest BCUT2D eigenvalue weighted by molar-refractivity contribution is 0.0258. The fourth-order valence-electron chi connectivity index (χ4n) is 3.75. The summed E-state index contributed by atoms with van der Waals surface area (Å²) in [7, 11) is 1.74. The van der Waals surface area contributed by atoms with Crippen molar-refractivity contribution in [2.24, 2.45) is 0 Å². The number of amides is 1. The van der Waals surface area contributed by atoms with Crippen LogP contribution < -0.4 is 9.64 Å². The SMILES string of the molecule is COCC(C)N1CCOc2cc3c(cc21)CCN(C(=O)OC(C)(C)C)CC3. The van der Waals surface area contributed by atoms with E-state index in [1.165, 1.54) is 11.1 Å². The quantitative estimate of drug-likeness (QED) is 0.810. The van der Waals surface area contributed by atoms with Crippen LogP contribution in [0.3, 0.4) is 0 Å². The Morgan fingerprint density at radius 1 is 1.19 bits per heavy atom. The summed E-state index contributed by atoms with van der Waals surface area (Å²) < 4.78 is 16.8. The zero-order valence-corrected chi connectivity index (χ0v) is 17.2. The summed E-state index contributed by atoms with van der Waals surface area (Å²) >= 11 is 0. The molecule has 6 heteroatoms. The van der Waals surface area contributed by atoms with E-state index in [-0.39, 0.29) is 6.09 Å². The van der Waals surface area contributed by atoms with Crippen LogP contribution in [0.2, 0.25) is 0 Å². The predicted molar refractivity (Wildman–Crippen MR) is 106 cm³/mol. The van der Waals surface area contributed by atoms with Crippen LogP contribution in [0.1, 0.15) is 38.8 Å². The lowest BCUT2D eigenvalue weighted by Crippen LogP contribution is -2.41. The summed E-state index contributed by atoms with van der Waals surface area (Å²) in [6.07, 6.45) is 1.42. The van der Waals surface area contributed by atoms with Gasteiger partial charge in [-0.1, -0.05) is 0 Å². The minimum absolute atomic E-state index is 0.230. The molecule has 0 bridgehead atoms. The van der Waals surface area contributed by atoms with Gasteiger partial charge in [-0.3, -0.25) is 0 Å². The van der Waals surface area contributed by atoms with E-state index in [2.05, 4.69) is 24.0 Å². The Morgan fingerprint density at radius 3 is 2.48 bits per heavy atom. The maximum Gasteiger partial charge on any atom is 0.410 e. The largest absolute Gasteiger partial charge is 0.490 e. The van der Waals surface area contributed by atoms with Crippen molar-refractivity contribution in [3.8, 4) is 5.75 Å². The van der Waals surface area contributed by atoms with Crippen molar-refractivity contribution in [3.05, 3.63) is 23.3 Å². The molecule has 150 valence electrons. The monoisotopic (exact) mass is 376 g/mol. The minimum Gasteiger partial charge on any atom is -0.490 e. The van der Waals surface area contributed by atoms with E-state index in [9.17, 15) is 4.79 Å². The van der Waals surface area contributed by atoms with Crippen molar-refractivity contribution in [1.29, 1.82) is 0 Å². The lowest BCUT2D eigenvalue weighted by Gasteiger charge is -2.36. The Hall–Kier alpha value is -1.95. The topological polar surface area (TPSA) is 51.2 Å². The van der Waals surface area contributed by atoms with E-state index < -0.39 is 5.60 Å². The molecular weight excluding hydrogens is 344 g/mol. The van der Waals surface area contributed by atoms with Crippen molar-refractivity contribution < 1.29 is 19.0 Å². The van der Waals surface area contributed by atoms with Crippen LogP contribution in [-0.2, 0) is 22.3 Å². The number of carbonyl (C=O) groups is 1. The Kier molecular flexibility index (Phi) is 5.84. The van der Waals surface area contributed by atoms with Crippen molar-refractivity contribution >= 4 is 11.8 Å². The van der Waals surface area contributed by atoms with Gasteiger partial charge in [0.05, 0.1) is 18.8 Å². The molecule has 1 aromatic rings. The summed E-state index contributed by atoms with van der Waals surface area (Å²) in [4.78, 5) is 16.6. The second kappa shape index (κ2) is 7.97. The van der Waals surface area contributed by atoms with E-state index in [0.29, 0.717) is 32.3 Å². The highest BCUT2D eigenvalue weighted by molar-refractivity contribution is 5.69. The smallest absolute Gasteiger partial charge is 0.410 e. The number of hydrogen-bond acceptors (Lipinski definition) is 5. The number of anilines is 1. The van der Waals surface area contributed by atoms with Gasteiger partial charge in [0.15, 0.2) is 0 Å². The zero-order valence-electron chi connectivity index (χ0n) is 17.2. The number of methoxy groups -OCH3 is 1. The molecule has 0 radical (unpaired) electrons. The number of rotatable bonds is 3. The Morgan fingerprint density at radius 2 is 1.85 bits per heavy atom. The molecule has 2 aliphatic heterocycles. The third-order valence-corrected chi connectivity index (χ3v) is 5.07. The van der Waals surface area contributed by atoms with Crippen LogP contribution in [-0.4, -0.2) is 62.6 Å². The second-order valence-electron chi connectivity index (χ2n) is 8.40. The van der Waals surface area contributed by atoms with Gasteiger partial charge in [-0.25, -0.2) is 4.79 Å². The third kappa shape index (κ3) is 4.67. The van der Waals surface area contributed by atoms with Gasteiger partial charge in [0.25, 0.3) is 0 Å². The van der Waals surface area contributed by atoms with Crippen LogP contribution in [0, 0.1) is 0 Å². The zero-order chi connectivity index (χ0) is 19.6. The molecule has 1 unspecified atom stereocenters. The molecule has 0 saturated heterocycles. The molecule has 0 spiro atoms. The predicted octanol–water partition coefficient (Wildman–Crippen LogP) is 3.26. The third-order valence-electron chi connectivity index (χ3n) is 5.07. The van der Waals surface area contributed by atoms with Gasteiger partial charge in [-0.05, 0) is 63.8 Å². The average Bonchev–Trinajstić information content (AvgIpc) is 2.80. The molecule has 2 heterocycles. The van der Waals surface area contributed by atoms with Gasteiger partial charge in [0.2, 0.25) is 0 Å². The standard InChI is InChI=1S/C21H32N2O4/c1-15(14-25-5)23-10-11-26-19-13-17-7-9-22(20(24)27-21(2,3)4)8-6-16(17)12-18(19)23/h12-13,15H,6-11,14H2,1-5H3. The normalized spacial score (nSPS) is 18.1. The maximum absolute atomic E-state index is 12.4. The van der Waals surface area contributed by atoms with Crippen molar-refractivity contribution in [1.82, 2.24) is 4.90 Å². The molecule has 1 aromatic carbocycles. The average molecular weight is 376 g/mol. The molecule has 6 nitrogen and oxygen atoms in total. The number of nitrogens with zero attached hydrogens (tertiary/aromatic N) is 2. The highest BCUT2D eigenvalue weighted by Gasteiger charge is 2.28. The van der Waals surface area contributed by atoms with Crippen LogP contribution in [0.5, 0.6) is 5.75 Å². The molecule has 0 saturated carbocycles. The van der Waals surface area contributed by atoms with E-state index in [4.69, 9.17) is 14.2 Å². The van der Waals surface area contributed by atoms with E-state index in [1.807, 2.05) is 25.7 Å². The first-order valence-electron chi connectivity index (χ1n) is 9.80. The highest BCUT2D eigenvalue weighted by atomic mass is 16.6. The van der Waals surface area contributed by atoms with Gasteiger partial charge >= 0.3 is 6.09 Å². The van der Waals surface area contributed by atoms with Gasteiger partial charge in [-0.15, -0.1) is 0 Å². The number of carbonyl (C=O) groups excluding carboxylic acids is 1. The fraction of sp³-hybridized carbons (Fsp3) is 0.667. The molecule has 0 aliphatic carbocycles. The van der Waals surface area contributed by atoms with E-state index >= 15 is 0 Å². The van der Waals surface area contributed by atoms with Gasteiger partial charge in [0.1, 0.15) is 18.0 Å². The summed E-state index contributed by atoms with van der Waals surface area (Å²) in [6, 6.07) is 4.70. The first kappa shape index (κ1) is 19.8. The van der Waals surface area contributed by atoms with Crippen LogP contribution in [0.25, 0.3) is 0 Å². The van der Waals surface area contributed by atoms with Crippen LogP contribution in [0.15, 0.2) is 12.1 Å². The number of hydrogen-bond donors (Lipinski definition) is 0. The van der Waals surface area contributed by atoms with E-state index in [0.717, 1.165) is 30.8 Å². The fourth-order valence-corrected chi connectivity index (χ4v) is 3.75. The second-order valence-corrected chi connectivity index (χ2v) is 8.40. The molecule has 0 fully saturated rings. The molecule has 27 heavy (non-hydrogen) atoms. The first-order chi connectivity index (χ1) is 12.8. The van der Waals surface area contributed by atoms with Gasteiger partial charge in [-0.2, -0.15) is 0 Å². The van der Waals surface area contributed by atoms with Crippen LogP contribution in [0.4, 0.5) is 10.5 Å². The molecule has 3 rings (SSSR count). The summed E-state index contributed by atoms with van der Waals surface area (Å²) in [6.45, 7) is 11.5. The van der Waals surface area contributed by atoms with Crippen LogP contribution >= 0.6 is 0 Å².